The summed E-state index contributed by atoms with van der Waals surface area (Å²) >= 11 is 24.6. The number of rotatable bonds is 13. The molecule has 0 saturated heterocycles. The maximum Gasteiger partial charge on any atom is 0.435 e. The lowest BCUT2D eigenvalue weighted by molar-refractivity contribution is -0.171. The fourth-order valence-electron chi connectivity index (χ4n) is 6.77. The van der Waals surface area contributed by atoms with Gasteiger partial charge in [-0.05, 0) is 145 Å². The normalized spacial score (nSPS) is 11.7. The van der Waals surface area contributed by atoms with Crippen LogP contribution in [-0.4, -0.2) is 72.3 Å². The molecule has 0 atom stereocenters. The predicted molar refractivity (Wildman–Crippen MR) is 297 cm³/mol. The first-order chi connectivity index (χ1) is 36.9. The number of carbonyl (C=O) groups is 3. The molecule has 0 spiro atoms. The third kappa shape index (κ3) is 17.2. The molecule has 8 aromatic rings. The standard InChI is InChI=1S/C28H26ClF3N2O3S.C24H18ClF3N2O3S.C2H4O2.CH2Cl2/c1-26(2,3)37-25(35)27(4,5)36-18-10-8-9-17(15-18)22-13-14-23(38-22)21-16-24(28(30,31)32)33-34(21)20-12-7-6-11-19(20)29;1-23(2,22(31)32)33-15-7-5-6-14(12-15)19-10-11-20(34-19)18-13-21(24(26,27)28)29-30(18)17-9-4-3-8-16(17)25;1-4-2-3;2-1-3/h6-16H,1-5H3;3-13H,1-2H3,(H,31,32);2H,1H3;1H2. The number of carbonyl (C=O) groups excluding carboxylic acids is 2. The van der Waals surface area contributed by atoms with Crippen LogP contribution in [0.5, 0.6) is 11.5 Å². The number of carboxylic acids is 1. The number of benzene rings is 4. The van der Waals surface area contributed by atoms with Crippen molar-refractivity contribution in [2.45, 2.75) is 77.6 Å². The van der Waals surface area contributed by atoms with Crippen molar-refractivity contribution in [3.63, 3.8) is 0 Å². The number of ether oxygens (including phenoxy) is 4. The summed E-state index contributed by atoms with van der Waals surface area (Å²) in [7, 11) is 1.31. The summed E-state index contributed by atoms with van der Waals surface area (Å²) in [6.45, 7) is 11.9. The monoisotopic (exact) mass is 1210 g/mol. The Morgan fingerprint density at radius 3 is 1.29 bits per heavy atom. The van der Waals surface area contributed by atoms with Gasteiger partial charge in [-0.3, -0.25) is 4.79 Å². The molecule has 0 aliphatic heterocycles. The van der Waals surface area contributed by atoms with Gasteiger partial charge in [-0.1, -0.05) is 71.7 Å². The van der Waals surface area contributed by atoms with Crippen LogP contribution in [0.1, 0.15) is 59.9 Å². The Kier molecular flexibility index (Phi) is 21.3. The minimum absolute atomic E-state index is 0.194. The van der Waals surface area contributed by atoms with Crippen molar-refractivity contribution >= 4 is 87.5 Å². The summed E-state index contributed by atoms with van der Waals surface area (Å²) < 4.78 is 104. The van der Waals surface area contributed by atoms with Crippen molar-refractivity contribution in [1.29, 1.82) is 0 Å². The average molecular weight is 1210 g/mol. The summed E-state index contributed by atoms with van der Waals surface area (Å²) in [5.41, 5.74) is -2.66. The molecule has 4 heterocycles. The molecule has 0 aliphatic rings. The number of hydrogen-bond acceptors (Lipinski definition) is 11. The molecule has 8 rings (SSSR count). The van der Waals surface area contributed by atoms with E-state index in [4.69, 9.17) is 65.4 Å². The lowest BCUT2D eigenvalue weighted by Crippen LogP contribution is -2.43. The first-order valence-electron chi connectivity index (χ1n) is 23.1. The maximum absolute atomic E-state index is 13.6. The van der Waals surface area contributed by atoms with Crippen LogP contribution in [0.2, 0.25) is 10.0 Å². The zero-order chi connectivity index (χ0) is 58.7. The fraction of sp³-hybridized carbons (Fsp3) is 0.255. The highest BCUT2D eigenvalue weighted by Crippen LogP contribution is 2.42. The molecule has 420 valence electrons. The molecule has 0 fully saturated rings. The summed E-state index contributed by atoms with van der Waals surface area (Å²) in [6, 6.07) is 36.2. The molecule has 1 N–H and O–H groups in total. The second-order valence-corrected chi connectivity index (χ2v) is 22.2. The quantitative estimate of drug-likeness (QED) is 0.0513. The second-order valence-electron chi connectivity index (χ2n) is 18.4. The van der Waals surface area contributed by atoms with Gasteiger partial charge in [0, 0.05) is 9.75 Å². The zero-order valence-electron chi connectivity index (χ0n) is 43.2. The number of methoxy groups -OCH3 is 1. The number of alkyl halides is 8. The Bertz CT molecular complexity index is 3370. The molecule has 0 unspecified atom stereocenters. The van der Waals surface area contributed by atoms with Gasteiger partial charge < -0.3 is 24.1 Å². The molecule has 0 radical (unpaired) electrons. The van der Waals surface area contributed by atoms with E-state index in [-0.39, 0.29) is 26.8 Å². The zero-order valence-corrected chi connectivity index (χ0v) is 47.8. The van der Waals surface area contributed by atoms with Crippen LogP contribution in [-0.2, 0) is 36.2 Å². The van der Waals surface area contributed by atoms with Gasteiger partial charge in [-0.2, -0.15) is 36.5 Å². The van der Waals surface area contributed by atoms with E-state index < -0.39 is 52.5 Å². The minimum Gasteiger partial charge on any atom is -0.478 e. The molecular weight excluding hydrogens is 1160 g/mol. The SMILES string of the molecule is CC(C)(C)OC(=O)C(C)(C)Oc1cccc(-c2ccc(-c3cc(C(F)(F)F)nn3-c3ccccc3Cl)s2)c1.CC(C)(Oc1cccc(-c2ccc(-c3cc(C(F)(F)F)nn3-c3ccccc3Cl)s2)c1)C(=O)O.COC=O.ClCCl. The topological polar surface area (TPSA) is 144 Å². The van der Waals surface area contributed by atoms with Crippen LogP contribution < -0.4 is 9.47 Å². The number of aliphatic carboxylic acids is 1. The van der Waals surface area contributed by atoms with E-state index in [2.05, 4.69) is 14.9 Å². The van der Waals surface area contributed by atoms with Crippen LogP contribution >= 0.6 is 69.1 Å². The highest BCUT2D eigenvalue weighted by Gasteiger charge is 2.38. The maximum atomic E-state index is 13.6. The number of nitrogens with zero attached hydrogens (tertiary/aromatic N) is 4. The summed E-state index contributed by atoms with van der Waals surface area (Å²) in [4.78, 5) is 35.6. The Labute approximate surface area is 478 Å². The van der Waals surface area contributed by atoms with Crippen LogP contribution in [0.15, 0.2) is 133 Å². The van der Waals surface area contributed by atoms with Crippen molar-refractivity contribution in [2.24, 2.45) is 0 Å². The third-order valence-corrected chi connectivity index (χ3v) is 13.3. The Balaban J connectivity index is 0.000000261. The van der Waals surface area contributed by atoms with E-state index in [1.54, 1.807) is 138 Å². The fourth-order valence-corrected chi connectivity index (χ4v) is 9.21. The molecule has 0 bridgehead atoms. The third-order valence-electron chi connectivity index (χ3n) is 10.4. The van der Waals surface area contributed by atoms with E-state index in [0.717, 1.165) is 33.0 Å². The number of hydrogen-bond donors (Lipinski definition) is 1. The van der Waals surface area contributed by atoms with Gasteiger partial charge in [0.25, 0.3) is 6.47 Å². The molecule has 0 aliphatic carbocycles. The predicted octanol–water partition coefficient (Wildman–Crippen LogP) is 16.8. The van der Waals surface area contributed by atoms with Crippen molar-refractivity contribution in [3.05, 3.63) is 155 Å². The van der Waals surface area contributed by atoms with Crippen molar-refractivity contribution in [3.8, 4) is 64.9 Å². The number of carboxylic acid groups (broad SMARTS) is 1. The average Bonchev–Trinajstić information content (AvgIpc) is 4.31. The summed E-state index contributed by atoms with van der Waals surface area (Å²) in [6.07, 6.45) is -9.24. The van der Waals surface area contributed by atoms with Crippen LogP contribution in [0, 0.1) is 0 Å². The number of halogens is 10. The van der Waals surface area contributed by atoms with Gasteiger partial charge in [-0.25, -0.2) is 19.0 Å². The molecule has 0 amide bonds. The largest absolute Gasteiger partial charge is 0.478 e. The molecule has 79 heavy (non-hydrogen) atoms. The Morgan fingerprint density at radius 1 is 0.582 bits per heavy atom. The van der Waals surface area contributed by atoms with Crippen molar-refractivity contribution < 1.29 is 64.8 Å². The van der Waals surface area contributed by atoms with E-state index in [1.807, 2.05) is 18.2 Å². The highest BCUT2D eigenvalue weighted by atomic mass is 35.5. The number of para-hydroxylation sites is 2. The van der Waals surface area contributed by atoms with Crippen molar-refractivity contribution in [2.75, 3.05) is 12.4 Å². The molecule has 24 heteroatoms. The van der Waals surface area contributed by atoms with Gasteiger partial charge in [0.1, 0.15) is 17.1 Å². The van der Waals surface area contributed by atoms with Crippen molar-refractivity contribution in [1.82, 2.24) is 19.6 Å². The van der Waals surface area contributed by atoms with E-state index in [1.165, 1.54) is 53.0 Å². The van der Waals surface area contributed by atoms with E-state index in [9.17, 15) is 41.0 Å². The molecule has 0 saturated carbocycles. The Morgan fingerprint density at radius 2 is 0.949 bits per heavy atom. The van der Waals surface area contributed by atoms with Gasteiger partial charge in [0.15, 0.2) is 22.6 Å². The number of aromatic nitrogens is 4. The lowest BCUT2D eigenvalue weighted by atomic mass is 10.1. The molecule has 4 aromatic heterocycles. The van der Waals surface area contributed by atoms with Gasteiger partial charge >= 0.3 is 24.3 Å². The van der Waals surface area contributed by atoms with Crippen LogP contribution in [0.25, 0.3) is 53.4 Å². The number of thiophene rings is 2. The van der Waals surface area contributed by atoms with E-state index in [0.29, 0.717) is 39.1 Å². The minimum atomic E-state index is -4.62. The molecular formula is C55H50Cl4F6N4O8S2. The highest BCUT2D eigenvalue weighted by molar-refractivity contribution is 7.19. The molecule has 4 aromatic carbocycles. The summed E-state index contributed by atoms with van der Waals surface area (Å²) in [5.74, 6) is -0.791. The molecule has 12 nitrogen and oxygen atoms in total. The smallest absolute Gasteiger partial charge is 0.435 e. The van der Waals surface area contributed by atoms with Crippen LogP contribution in [0.3, 0.4) is 0 Å². The number of esters is 1. The van der Waals surface area contributed by atoms with Gasteiger partial charge in [0.05, 0.1) is 55.0 Å². The summed E-state index contributed by atoms with van der Waals surface area (Å²) in [5, 5.41) is 17.6. The first kappa shape index (κ1) is 63.3. The second kappa shape index (κ2) is 26.6. The van der Waals surface area contributed by atoms with Crippen LogP contribution in [0.4, 0.5) is 26.3 Å². The van der Waals surface area contributed by atoms with Gasteiger partial charge in [-0.15, -0.1) is 45.9 Å². The lowest BCUT2D eigenvalue weighted by Gasteiger charge is -2.29. The van der Waals surface area contributed by atoms with Gasteiger partial charge in [0.2, 0.25) is 0 Å². The van der Waals surface area contributed by atoms with E-state index >= 15 is 0 Å². The first-order valence-corrected chi connectivity index (χ1v) is 26.6. The Hall–Kier alpha value is -6.55.